The number of rotatable bonds is 7. The third kappa shape index (κ3) is 7.25. The number of hydroxylamine groups is 1. The third-order valence-corrected chi connectivity index (χ3v) is 6.49. The van der Waals surface area contributed by atoms with E-state index >= 15 is 0 Å². The first-order valence-corrected chi connectivity index (χ1v) is 12.2. The lowest BCUT2D eigenvalue weighted by atomic mass is 10.2. The Bertz CT molecular complexity index is 1020. The molecule has 1 aromatic heterocycles. The van der Waals surface area contributed by atoms with Crippen LogP contribution in [0.4, 0.5) is 16.3 Å². The minimum absolute atomic E-state index is 0.0941. The number of carbonyl (C=O) groups is 2. The Balaban J connectivity index is 1.60. The van der Waals surface area contributed by atoms with Crippen molar-refractivity contribution in [3.05, 3.63) is 39.5 Å². The van der Waals surface area contributed by atoms with Gasteiger partial charge in [-0.15, -0.1) is 0 Å². The highest BCUT2D eigenvalue weighted by atomic mass is 35.5. The number of thioether (sulfide) groups is 1. The molecular weight excluding hydrogens is 511 g/mol. The van der Waals surface area contributed by atoms with Crippen LogP contribution < -0.4 is 15.7 Å². The normalized spacial score (nSPS) is 16.0. The number of anilines is 2. The van der Waals surface area contributed by atoms with Gasteiger partial charge < -0.3 is 15.1 Å². The van der Waals surface area contributed by atoms with E-state index in [4.69, 9.17) is 39.6 Å². The Hall–Kier alpha value is -1.98. The lowest BCUT2D eigenvalue weighted by molar-refractivity contribution is -0.130. The topological polar surface area (TPSA) is 99.7 Å². The fourth-order valence-electron chi connectivity index (χ4n) is 3.16. The molecule has 0 saturated carbocycles. The van der Waals surface area contributed by atoms with Crippen LogP contribution in [-0.4, -0.2) is 64.8 Å². The van der Waals surface area contributed by atoms with E-state index in [1.165, 1.54) is 0 Å². The molecule has 0 bridgehead atoms. The van der Waals surface area contributed by atoms with Gasteiger partial charge in [-0.2, -0.15) is 0 Å². The molecule has 0 aliphatic carbocycles. The number of benzene rings is 1. The molecule has 1 aliphatic rings. The van der Waals surface area contributed by atoms with Crippen LogP contribution in [0, 0.1) is 0 Å². The Labute approximate surface area is 211 Å². The number of amides is 3. The lowest BCUT2D eigenvalue weighted by Crippen LogP contribution is -2.55. The van der Waals surface area contributed by atoms with Gasteiger partial charge in [0.1, 0.15) is 11.0 Å². The van der Waals surface area contributed by atoms with Crippen molar-refractivity contribution in [3.8, 4) is 0 Å². The van der Waals surface area contributed by atoms with E-state index < -0.39 is 0 Å². The van der Waals surface area contributed by atoms with E-state index in [1.807, 2.05) is 11.8 Å². The van der Waals surface area contributed by atoms with Crippen molar-refractivity contribution in [2.45, 2.75) is 25.0 Å². The first-order valence-electron chi connectivity index (χ1n) is 10.1. The maximum Gasteiger partial charge on any atom is 0.322 e. The van der Waals surface area contributed by atoms with Gasteiger partial charge in [0, 0.05) is 37.4 Å². The lowest BCUT2D eigenvalue weighted by Gasteiger charge is -2.40. The summed E-state index contributed by atoms with van der Waals surface area (Å²) in [5.74, 6) is 0.445. The van der Waals surface area contributed by atoms with Gasteiger partial charge in [-0.3, -0.25) is 9.63 Å². The van der Waals surface area contributed by atoms with Gasteiger partial charge in [0.25, 0.3) is 5.91 Å². The van der Waals surface area contributed by atoms with Crippen LogP contribution >= 0.6 is 46.6 Å². The zero-order valence-electron chi connectivity index (χ0n) is 18.0. The van der Waals surface area contributed by atoms with E-state index in [9.17, 15) is 9.59 Å². The highest BCUT2D eigenvalue weighted by Crippen LogP contribution is 2.26. The zero-order chi connectivity index (χ0) is 24.0. The molecule has 1 saturated heterocycles. The van der Waals surface area contributed by atoms with Crippen LogP contribution in [0.15, 0.2) is 29.4 Å². The number of nitrogens with one attached hydrogen (secondary N) is 2. The molecular formula is C20H23Cl3N6O3S. The van der Waals surface area contributed by atoms with Crippen molar-refractivity contribution >= 4 is 70.0 Å². The van der Waals surface area contributed by atoms with Crippen molar-refractivity contribution in [2.24, 2.45) is 0 Å². The Morgan fingerprint density at radius 3 is 2.67 bits per heavy atom. The Morgan fingerprint density at radius 1 is 1.18 bits per heavy atom. The molecule has 13 heteroatoms. The van der Waals surface area contributed by atoms with Crippen LogP contribution in [0.1, 0.15) is 13.8 Å². The second-order valence-electron chi connectivity index (χ2n) is 7.13. The minimum Gasteiger partial charge on any atom is -0.353 e. The molecule has 9 nitrogen and oxygen atoms in total. The highest BCUT2D eigenvalue weighted by Gasteiger charge is 2.28. The number of hydrogen-bond donors (Lipinski definition) is 2. The third-order valence-electron chi connectivity index (χ3n) is 4.71. The number of piperazine rings is 1. The number of carbonyl (C=O) groups excluding carboxylic acids is 2. The van der Waals surface area contributed by atoms with E-state index in [2.05, 4.69) is 20.8 Å². The molecule has 1 aromatic carbocycles. The van der Waals surface area contributed by atoms with Gasteiger partial charge in [0.2, 0.25) is 0 Å². The summed E-state index contributed by atoms with van der Waals surface area (Å²) < 4.78 is 0. The van der Waals surface area contributed by atoms with Gasteiger partial charge in [-0.05, 0) is 32.0 Å². The van der Waals surface area contributed by atoms with E-state index in [0.717, 1.165) is 11.8 Å². The summed E-state index contributed by atoms with van der Waals surface area (Å²) in [7, 11) is 0. The van der Waals surface area contributed by atoms with Crippen molar-refractivity contribution < 1.29 is 14.4 Å². The molecule has 2 N–H and O–H groups in total. The SMILES string of the molecule is CCONC(=O)CSc1nc(Cl)cc(N2CCN(C(=O)Nc3ccc(Cl)c(Cl)c3)C(C)C2)n1. The fourth-order valence-corrected chi connectivity index (χ4v) is 4.33. The number of hydrogen-bond acceptors (Lipinski definition) is 7. The second-order valence-corrected chi connectivity index (χ2v) is 9.27. The fraction of sp³-hybridized carbons (Fsp3) is 0.400. The van der Waals surface area contributed by atoms with Gasteiger partial charge in [-0.25, -0.2) is 20.2 Å². The molecule has 1 fully saturated rings. The predicted octanol–water partition coefficient (Wildman–Crippen LogP) is 4.34. The second kappa shape index (κ2) is 11.9. The molecule has 3 rings (SSSR count). The Morgan fingerprint density at radius 2 is 1.97 bits per heavy atom. The smallest absolute Gasteiger partial charge is 0.322 e. The summed E-state index contributed by atoms with van der Waals surface area (Å²) in [5, 5.41) is 4.31. The number of nitrogens with zero attached hydrogens (tertiary/aromatic N) is 4. The van der Waals surface area contributed by atoms with Crippen molar-refractivity contribution in [3.63, 3.8) is 0 Å². The van der Waals surface area contributed by atoms with Crippen LogP contribution in [0.25, 0.3) is 0 Å². The van der Waals surface area contributed by atoms with E-state index in [0.29, 0.717) is 52.9 Å². The summed E-state index contributed by atoms with van der Waals surface area (Å²) in [6.45, 7) is 5.70. The van der Waals surface area contributed by atoms with Gasteiger partial charge >= 0.3 is 6.03 Å². The first-order chi connectivity index (χ1) is 15.8. The summed E-state index contributed by atoms with van der Waals surface area (Å²) in [6.07, 6.45) is 0. The van der Waals surface area contributed by atoms with Gasteiger partial charge in [0.15, 0.2) is 5.16 Å². The minimum atomic E-state index is -0.290. The molecule has 0 spiro atoms. The molecule has 2 heterocycles. The average Bonchev–Trinajstić information content (AvgIpc) is 2.78. The summed E-state index contributed by atoms with van der Waals surface area (Å²) in [4.78, 5) is 41.9. The Kier molecular flexibility index (Phi) is 9.27. The van der Waals surface area contributed by atoms with Gasteiger partial charge in [0.05, 0.1) is 22.4 Å². The molecule has 0 radical (unpaired) electrons. The highest BCUT2D eigenvalue weighted by molar-refractivity contribution is 7.99. The number of urea groups is 1. The molecule has 1 unspecified atom stereocenters. The molecule has 33 heavy (non-hydrogen) atoms. The molecule has 3 amide bonds. The quantitative estimate of drug-likeness (QED) is 0.236. The molecule has 1 aliphatic heterocycles. The summed E-state index contributed by atoms with van der Waals surface area (Å²) in [5.41, 5.74) is 2.89. The largest absolute Gasteiger partial charge is 0.353 e. The zero-order valence-corrected chi connectivity index (χ0v) is 21.1. The summed E-state index contributed by atoms with van der Waals surface area (Å²) in [6, 6.07) is 6.30. The maximum atomic E-state index is 12.8. The van der Waals surface area contributed by atoms with E-state index in [1.54, 1.807) is 36.1 Å². The number of halogens is 3. The molecule has 1 atom stereocenters. The van der Waals surface area contributed by atoms with Crippen LogP contribution in [0.2, 0.25) is 15.2 Å². The maximum absolute atomic E-state index is 12.8. The monoisotopic (exact) mass is 532 g/mol. The summed E-state index contributed by atoms with van der Waals surface area (Å²) >= 11 is 19.3. The van der Waals surface area contributed by atoms with Crippen LogP contribution in [0.3, 0.4) is 0 Å². The predicted molar refractivity (Wildman–Crippen MR) is 131 cm³/mol. The van der Waals surface area contributed by atoms with Crippen molar-refractivity contribution in [1.82, 2.24) is 20.3 Å². The van der Waals surface area contributed by atoms with Crippen LogP contribution in [-0.2, 0) is 9.63 Å². The first kappa shape index (κ1) is 25.6. The van der Waals surface area contributed by atoms with Gasteiger partial charge in [-0.1, -0.05) is 46.6 Å². The van der Waals surface area contributed by atoms with Crippen LogP contribution in [0.5, 0.6) is 0 Å². The number of aromatic nitrogens is 2. The average molecular weight is 534 g/mol. The molecule has 178 valence electrons. The standard InChI is InChI=1S/C20H23Cl3N6O3S/c1-3-32-27-18(30)11-33-19-25-16(23)9-17(26-19)28-6-7-29(12(2)10-28)20(31)24-13-4-5-14(21)15(22)8-13/h4-5,8-9,12H,3,6-7,10-11H2,1-2H3,(H,24,31)(H,27,30). The van der Waals surface area contributed by atoms with E-state index in [-0.39, 0.29) is 28.9 Å². The van der Waals surface area contributed by atoms with Crippen molar-refractivity contribution in [2.75, 3.05) is 42.2 Å². The van der Waals surface area contributed by atoms with Crippen molar-refractivity contribution in [1.29, 1.82) is 0 Å². The molecule has 2 aromatic rings.